The molecular formula is C11H23NO3S. The van der Waals surface area contributed by atoms with E-state index in [0.717, 1.165) is 0 Å². The van der Waals surface area contributed by atoms with Gasteiger partial charge in [0.15, 0.2) is 9.84 Å². The maximum absolute atomic E-state index is 12.1. The van der Waals surface area contributed by atoms with Crippen LogP contribution in [0.3, 0.4) is 0 Å². The van der Waals surface area contributed by atoms with E-state index in [4.69, 9.17) is 10.5 Å². The molecule has 0 aromatic rings. The van der Waals surface area contributed by atoms with Crippen molar-refractivity contribution in [2.45, 2.75) is 51.5 Å². The number of hydrogen-bond donors (Lipinski definition) is 1. The average Bonchev–Trinajstić information content (AvgIpc) is 2.49. The third-order valence-corrected chi connectivity index (χ3v) is 5.66. The van der Waals surface area contributed by atoms with E-state index in [1.165, 1.54) is 0 Å². The minimum Gasteiger partial charge on any atom is -0.377 e. The second-order valence-electron chi connectivity index (χ2n) is 5.71. The van der Waals surface area contributed by atoms with E-state index in [2.05, 4.69) is 0 Å². The third kappa shape index (κ3) is 3.18. The number of sulfone groups is 1. The van der Waals surface area contributed by atoms with Gasteiger partial charge in [-0.3, -0.25) is 0 Å². The molecule has 4 nitrogen and oxygen atoms in total. The van der Waals surface area contributed by atoms with Crippen molar-refractivity contribution in [2.75, 3.05) is 12.4 Å². The minimum atomic E-state index is -3.14. The molecule has 0 amide bonds. The van der Waals surface area contributed by atoms with Crippen molar-refractivity contribution in [3.63, 3.8) is 0 Å². The first-order valence-corrected chi connectivity index (χ1v) is 7.45. The highest BCUT2D eigenvalue weighted by molar-refractivity contribution is 7.92. The highest BCUT2D eigenvalue weighted by atomic mass is 32.2. The molecule has 0 aromatic carbocycles. The zero-order chi connectivity index (χ0) is 12.6. The van der Waals surface area contributed by atoms with Gasteiger partial charge in [0.1, 0.15) is 0 Å². The standard InChI is InChI=1S/C11H23NO3S/c1-8-9(5-6-15-8)16(13,14)7-10(12)11(2,3)4/h8-10H,5-7,12H2,1-4H3. The molecule has 0 saturated carbocycles. The quantitative estimate of drug-likeness (QED) is 0.808. The van der Waals surface area contributed by atoms with Gasteiger partial charge in [0, 0.05) is 12.6 Å². The maximum atomic E-state index is 12.1. The Morgan fingerprint density at radius 2 is 2.00 bits per heavy atom. The van der Waals surface area contributed by atoms with Crippen LogP contribution in [0.5, 0.6) is 0 Å². The van der Waals surface area contributed by atoms with Crippen LogP contribution in [0.15, 0.2) is 0 Å². The lowest BCUT2D eigenvalue weighted by atomic mass is 9.89. The molecule has 3 unspecified atom stereocenters. The van der Waals surface area contributed by atoms with Crippen molar-refractivity contribution in [1.29, 1.82) is 0 Å². The summed E-state index contributed by atoms with van der Waals surface area (Å²) in [5, 5.41) is -0.374. The molecule has 16 heavy (non-hydrogen) atoms. The predicted molar refractivity (Wildman–Crippen MR) is 65.0 cm³/mol. The van der Waals surface area contributed by atoms with Gasteiger partial charge >= 0.3 is 0 Å². The number of hydrogen-bond acceptors (Lipinski definition) is 4. The SMILES string of the molecule is CC1OCCC1S(=O)(=O)CC(N)C(C)(C)C. The fourth-order valence-corrected chi connectivity index (χ4v) is 4.17. The second kappa shape index (κ2) is 4.63. The fourth-order valence-electron chi connectivity index (χ4n) is 1.81. The van der Waals surface area contributed by atoms with Crippen molar-refractivity contribution in [3.05, 3.63) is 0 Å². The summed E-state index contributed by atoms with van der Waals surface area (Å²) in [6.07, 6.45) is 0.401. The fraction of sp³-hybridized carbons (Fsp3) is 1.00. The summed E-state index contributed by atoms with van der Waals surface area (Å²) in [5.74, 6) is 0.0505. The van der Waals surface area contributed by atoms with Crippen molar-refractivity contribution in [1.82, 2.24) is 0 Å². The van der Waals surface area contributed by atoms with Gasteiger partial charge in [-0.25, -0.2) is 8.42 Å². The van der Waals surface area contributed by atoms with Gasteiger partial charge in [-0.1, -0.05) is 20.8 Å². The molecule has 1 aliphatic heterocycles. The first kappa shape index (κ1) is 13.9. The van der Waals surface area contributed by atoms with Gasteiger partial charge < -0.3 is 10.5 Å². The molecular weight excluding hydrogens is 226 g/mol. The molecule has 2 N–H and O–H groups in total. The minimum absolute atomic E-state index is 0.0505. The molecule has 0 radical (unpaired) electrons. The van der Waals surface area contributed by atoms with Gasteiger partial charge in [0.2, 0.25) is 0 Å². The Morgan fingerprint density at radius 1 is 1.44 bits per heavy atom. The molecule has 5 heteroatoms. The first-order valence-electron chi connectivity index (χ1n) is 5.73. The van der Waals surface area contributed by atoms with E-state index in [1.54, 1.807) is 0 Å². The van der Waals surface area contributed by atoms with Crippen LogP contribution in [0.4, 0.5) is 0 Å². The molecule has 1 saturated heterocycles. The van der Waals surface area contributed by atoms with Crippen LogP contribution in [0.2, 0.25) is 0 Å². The van der Waals surface area contributed by atoms with Crippen LogP contribution < -0.4 is 5.73 Å². The van der Waals surface area contributed by atoms with Gasteiger partial charge in [-0.05, 0) is 18.8 Å². The van der Waals surface area contributed by atoms with Crippen LogP contribution in [0, 0.1) is 5.41 Å². The van der Waals surface area contributed by atoms with Crippen LogP contribution in [0.25, 0.3) is 0 Å². The summed E-state index contributed by atoms with van der Waals surface area (Å²) in [6, 6.07) is -0.328. The topological polar surface area (TPSA) is 69.4 Å². The van der Waals surface area contributed by atoms with E-state index in [-0.39, 0.29) is 28.6 Å². The highest BCUT2D eigenvalue weighted by Crippen LogP contribution is 2.25. The predicted octanol–water partition coefficient (Wildman–Crippen LogP) is 0.952. The summed E-state index contributed by atoms with van der Waals surface area (Å²) < 4.78 is 29.6. The molecule has 0 bridgehead atoms. The molecule has 1 aliphatic rings. The zero-order valence-electron chi connectivity index (χ0n) is 10.6. The molecule has 1 fully saturated rings. The monoisotopic (exact) mass is 249 g/mol. The summed E-state index contributed by atoms with van der Waals surface area (Å²) in [4.78, 5) is 0. The Bertz CT molecular complexity index is 332. The van der Waals surface area contributed by atoms with Crippen molar-refractivity contribution in [2.24, 2.45) is 11.1 Å². The van der Waals surface area contributed by atoms with E-state index in [1.807, 2.05) is 27.7 Å². The molecule has 1 rings (SSSR count). The summed E-state index contributed by atoms with van der Waals surface area (Å²) in [7, 11) is -3.14. The van der Waals surface area contributed by atoms with E-state index >= 15 is 0 Å². The van der Waals surface area contributed by atoms with Crippen LogP contribution in [0.1, 0.15) is 34.1 Å². The third-order valence-electron chi connectivity index (χ3n) is 3.29. The number of rotatable bonds is 3. The Labute approximate surface area is 98.5 Å². The Balaban J connectivity index is 2.72. The van der Waals surface area contributed by atoms with Gasteiger partial charge in [-0.15, -0.1) is 0 Å². The summed E-state index contributed by atoms with van der Waals surface area (Å²) >= 11 is 0. The van der Waals surface area contributed by atoms with E-state index in [0.29, 0.717) is 13.0 Å². The Hall–Kier alpha value is -0.130. The van der Waals surface area contributed by atoms with Crippen LogP contribution in [-0.2, 0) is 14.6 Å². The Morgan fingerprint density at radius 3 is 2.38 bits per heavy atom. The smallest absolute Gasteiger partial charge is 0.157 e. The lowest BCUT2D eigenvalue weighted by Gasteiger charge is -2.28. The van der Waals surface area contributed by atoms with Gasteiger partial charge in [0.25, 0.3) is 0 Å². The van der Waals surface area contributed by atoms with Gasteiger partial charge in [-0.2, -0.15) is 0 Å². The van der Waals surface area contributed by atoms with Crippen molar-refractivity contribution in [3.8, 4) is 0 Å². The van der Waals surface area contributed by atoms with Crippen LogP contribution in [-0.4, -0.2) is 38.2 Å². The number of ether oxygens (including phenoxy) is 1. The molecule has 3 atom stereocenters. The van der Waals surface area contributed by atoms with E-state index < -0.39 is 9.84 Å². The summed E-state index contributed by atoms with van der Waals surface area (Å²) in [6.45, 7) is 8.24. The average molecular weight is 249 g/mol. The zero-order valence-corrected chi connectivity index (χ0v) is 11.4. The van der Waals surface area contributed by atoms with Crippen LogP contribution >= 0.6 is 0 Å². The normalized spacial score (nSPS) is 29.3. The first-order chi connectivity index (χ1) is 7.14. The Kier molecular flexibility index (Phi) is 4.03. The molecule has 96 valence electrons. The van der Waals surface area contributed by atoms with Gasteiger partial charge in [0.05, 0.1) is 17.1 Å². The summed E-state index contributed by atoms with van der Waals surface area (Å²) in [5.41, 5.74) is 5.75. The number of nitrogens with two attached hydrogens (primary N) is 1. The molecule has 0 aliphatic carbocycles. The highest BCUT2D eigenvalue weighted by Gasteiger charge is 2.38. The lowest BCUT2D eigenvalue weighted by Crippen LogP contribution is -2.44. The second-order valence-corrected chi connectivity index (χ2v) is 7.97. The lowest BCUT2D eigenvalue weighted by molar-refractivity contribution is 0.126. The van der Waals surface area contributed by atoms with E-state index in [9.17, 15) is 8.42 Å². The molecule has 1 heterocycles. The largest absolute Gasteiger partial charge is 0.377 e. The molecule has 0 spiro atoms. The maximum Gasteiger partial charge on any atom is 0.157 e. The van der Waals surface area contributed by atoms with Crippen molar-refractivity contribution < 1.29 is 13.2 Å². The van der Waals surface area contributed by atoms with Crippen molar-refractivity contribution >= 4 is 9.84 Å². The molecule has 0 aromatic heterocycles.